The summed E-state index contributed by atoms with van der Waals surface area (Å²) in [7, 11) is -2.57. The molecule has 0 heterocycles. The number of rotatable bonds is 16. The minimum Gasteiger partial charge on any atom is -0.309 e. The molecule has 0 aliphatic heterocycles. The first-order valence-corrected chi connectivity index (χ1v) is 10.7. The minimum atomic E-state index is -3.76. The summed E-state index contributed by atoms with van der Waals surface area (Å²) < 4.78 is 28.4. The Labute approximate surface area is 131 Å². The predicted octanol–water partition coefficient (Wildman–Crippen LogP) is 7.28. The van der Waals surface area contributed by atoms with E-state index in [-0.39, 0.29) is 6.16 Å². The molecule has 0 aliphatic rings. The maximum absolute atomic E-state index is 13.0. The zero-order chi connectivity index (χ0) is 15.8. The maximum Gasteiger partial charge on any atom is 0.367 e. The molecule has 128 valence electrons. The Balaban J connectivity index is 3.08. The predicted molar refractivity (Wildman–Crippen MR) is 90.9 cm³/mol. The molecule has 0 fully saturated rings. The van der Waals surface area contributed by atoms with Crippen molar-refractivity contribution in [3.63, 3.8) is 0 Å². The lowest BCUT2D eigenvalue weighted by Gasteiger charge is -2.06. The third-order valence-corrected chi connectivity index (χ3v) is 5.45. The quantitative estimate of drug-likeness (QED) is 0.220. The zero-order valence-corrected chi connectivity index (χ0v) is 15.1. The van der Waals surface area contributed by atoms with Gasteiger partial charge in [-0.25, -0.2) is 0 Å². The Morgan fingerprint density at radius 1 is 0.714 bits per heavy atom. The van der Waals surface area contributed by atoms with E-state index in [1.807, 2.05) is 0 Å². The van der Waals surface area contributed by atoms with E-state index < -0.39 is 7.68 Å². The van der Waals surface area contributed by atoms with Crippen LogP contribution in [0.5, 0.6) is 0 Å². The molecule has 1 atom stereocenters. The van der Waals surface area contributed by atoms with Gasteiger partial charge >= 0.3 is 7.68 Å². The van der Waals surface area contributed by atoms with Crippen LogP contribution in [0.2, 0.25) is 0 Å². The van der Waals surface area contributed by atoms with Crippen LogP contribution in [0.15, 0.2) is 0 Å². The third-order valence-electron chi connectivity index (χ3n) is 4.05. The van der Waals surface area contributed by atoms with Crippen LogP contribution >= 0.6 is 7.68 Å². The molecule has 0 saturated heterocycles. The fraction of sp³-hybridized carbons (Fsp3) is 1.00. The Bertz CT molecular complexity index is 259. The van der Waals surface area contributed by atoms with Crippen LogP contribution in [0.1, 0.15) is 96.8 Å². The highest BCUT2D eigenvalue weighted by atomic mass is 31.2. The first-order valence-electron chi connectivity index (χ1n) is 8.97. The van der Waals surface area contributed by atoms with E-state index in [9.17, 15) is 8.76 Å². The molecular formula is C17H36FO2P. The van der Waals surface area contributed by atoms with Crippen molar-refractivity contribution in [2.75, 3.05) is 13.3 Å². The highest BCUT2D eigenvalue weighted by Gasteiger charge is 2.18. The lowest BCUT2D eigenvalue weighted by atomic mass is 10.0. The molecule has 0 rings (SSSR count). The molecule has 21 heavy (non-hydrogen) atoms. The molecule has 0 aromatic rings. The smallest absolute Gasteiger partial charge is 0.309 e. The van der Waals surface area contributed by atoms with Gasteiger partial charge in [0, 0.05) is 7.11 Å². The number of hydrogen-bond donors (Lipinski definition) is 0. The molecule has 0 bridgehead atoms. The van der Waals surface area contributed by atoms with Crippen molar-refractivity contribution in [2.45, 2.75) is 96.8 Å². The highest BCUT2D eigenvalue weighted by Crippen LogP contribution is 2.48. The lowest BCUT2D eigenvalue weighted by molar-refractivity contribution is 0.354. The van der Waals surface area contributed by atoms with Gasteiger partial charge in [0.1, 0.15) is 0 Å². The average molecular weight is 322 g/mol. The van der Waals surface area contributed by atoms with Crippen LogP contribution in [-0.4, -0.2) is 13.3 Å². The standard InChI is InChI=1S/C17H36FO2P/c1-3-4-5-6-7-8-9-10-11-12-13-14-15-16-17-21(18,19)20-2/h3-17H2,1-2H3. The monoisotopic (exact) mass is 322 g/mol. The summed E-state index contributed by atoms with van der Waals surface area (Å²) in [5.41, 5.74) is 0. The SMILES string of the molecule is CCCCCCCCCCCCCCCCP(=O)(F)OC. The van der Waals surface area contributed by atoms with Gasteiger partial charge in [-0.15, -0.1) is 0 Å². The molecule has 1 unspecified atom stereocenters. The zero-order valence-electron chi connectivity index (χ0n) is 14.2. The Hall–Kier alpha value is 0.120. The van der Waals surface area contributed by atoms with Gasteiger partial charge in [-0.3, -0.25) is 4.57 Å². The normalized spacial score (nSPS) is 14.2. The van der Waals surface area contributed by atoms with Crippen molar-refractivity contribution in [3.05, 3.63) is 0 Å². The van der Waals surface area contributed by atoms with E-state index in [1.54, 1.807) is 0 Å². The van der Waals surface area contributed by atoms with E-state index in [2.05, 4.69) is 11.4 Å². The molecule has 4 heteroatoms. The molecule has 0 aromatic carbocycles. The van der Waals surface area contributed by atoms with Gasteiger partial charge in [0.15, 0.2) is 0 Å². The first-order chi connectivity index (χ1) is 10.1. The molecule has 2 nitrogen and oxygen atoms in total. The summed E-state index contributed by atoms with van der Waals surface area (Å²) >= 11 is 0. The van der Waals surface area contributed by atoms with Gasteiger partial charge < -0.3 is 4.52 Å². The summed E-state index contributed by atoms with van der Waals surface area (Å²) in [6.07, 6.45) is 17.8. The molecular weight excluding hydrogens is 286 g/mol. The van der Waals surface area contributed by atoms with Gasteiger partial charge in [0.2, 0.25) is 0 Å². The molecule has 0 amide bonds. The lowest BCUT2D eigenvalue weighted by Crippen LogP contribution is -1.88. The van der Waals surface area contributed by atoms with Crippen molar-refractivity contribution in [1.29, 1.82) is 0 Å². The Kier molecular flexibility index (Phi) is 15.1. The summed E-state index contributed by atoms with van der Waals surface area (Å²) in [6.45, 7) is 2.26. The van der Waals surface area contributed by atoms with Gasteiger partial charge in [0.25, 0.3) is 0 Å². The molecule has 0 radical (unpaired) electrons. The number of halogens is 1. The van der Waals surface area contributed by atoms with Gasteiger partial charge in [-0.1, -0.05) is 90.4 Å². The second-order valence-corrected chi connectivity index (χ2v) is 8.09. The van der Waals surface area contributed by atoms with Gasteiger partial charge in [-0.05, 0) is 6.42 Å². The van der Waals surface area contributed by atoms with Crippen molar-refractivity contribution >= 4 is 7.68 Å². The van der Waals surface area contributed by atoms with Crippen LogP contribution in [0.25, 0.3) is 0 Å². The summed E-state index contributed by atoms with van der Waals surface area (Å²) in [6, 6.07) is 0. The molecule has 0 saturated carbocycles. The highest BCUT2D eigenvalue weighted by molar-refractivity contribution is 7.53. The van der Waals surface area contributed by atoms with Gasteiger partial charge in [0.05, 0.1) is 6.16 Å². The first kappa shape index (κ1) is 21.1. The maximum atomic E-state index is 13.0. The fourth-order valence-electron chi connectivity index (χ4n) is 2.59. The van der Waals surface area contributed by atoms with Gasteiger partial charge in [-0.2, -0.15) is 4.20 Å². The Morgan fingerprint density at radius 2 is 1.05 bits per heavy atom. The number of unbranched alkanes of at least 4 members (excludes halogenated alkanes) is 13. The second-order valence-electron chi connectivity index (χ2n) is 6.09. The topological polar surface area (TPSA) is 26.3 Å². The van der Waals surface area contributed by atoms with E-state index in [0.29, 0.717) is 6.42 Å². The van der Waals surface area contributed by atoms with Crippen LogP contribution < -0.4 is 0 Å². The van der Waals surface area contributed by atoms with Crippen molar-refractivity contribution in [1.82, 2.24) is 0 Å². The summed E-state index contributed by atoms with van der Waals surface area (Å²) in [5.74, 6) is 0. The van der Waals surface area contributed by atoms with E-state index in [4.69, 9.17) is 0 Å². The van der Waals surface area contributed by atoms with Crippen LogP contribution in [0, 0.1) is 0 Å². The van der Waals surface area contributed by atoms with Crippen LogP contribution in [0.3, 0.4) is 0 Å². The minimum absolute atomic E-state index is 0.0849. The van der Waals surface area contributed by atoms with E-state index in [1.165, 1.54) is 77.7 Å². The van der Waals surface area contributed by atoms with Crippen LogP contribution in [-0.2, 0) is 9.09 Å². The molecule has 0 aromatic heterocycles. The summed E-state index contributed by atoms with van der Waals surface area (Å²) in [5, 5.41) is 0. The Morgan fingerprint density at radius 3 is 1.38 bits per heavy atom. The van der Waals surface area contributed by atoms with Crippen LogP contribution in [0.4, 0.5) is 4.20 Å². The molecule has 0 spiro atoms. The van der Waals surface area contributed by atoms with E-state index in [0.717, 1.165) is 12.8 Å². The number of hydrogen-bond acceptors (Lipinski definition) is 2. The van der Waals surface area contributed by atoms with Crippen molar-refractivity contribution in [2.24, 2.45) is 0 Å². The van der Waals surface area contributed by atoms with Crippen molar-refractivity contribution < 1.29 is 13.3 Å². The average Bonchev–Trinajstić information content (AvgIpc) is 2.47. The second kappa shape index (κ2) is 15.0. The van der Waals surface area contributed by atoms with E-state index >= 15 is 0 Å². The summed E-state index contributed by atoms with van der Waals surface area (Å²) in [4.78, 5) is 0. The third kappa shape index (κ3) is 16.3. The van der Waals surface area contributed by atoms with Crippen molar-refractivity contribution in [3.8, 4) is 0 Å². The molecule has 0 aliphatic carbocycles. The molecule has 0 N–H and O–H groups in total. The largest absolute Gasteiger partial charge is 0.367 e. The fourth-order valence-corrected chi connectivity index (χ4v) is 3.37.